The largest absolute Gasteiger partial charge is 0.324 e. The Morgan fingerprint density at radius 2 is 1.88 bits per heavy atom. The summed E-state index contributed by atoms with van der Waals surface area (Å²) in [5.41, 5.74) is 9.02. The third-order valence-corrected chi connectivity index (χ3v) is 2.93. The molecule has 0 aromatic heterocycles. The first kappa shape index (κ1) is 13.8. The first-order valence-corrected chi connectivity index (χ1v) is 6.21. The first-order valence-electron chi connectivity index (χ1n) is 6.21. The summed E-state index contributed by atoms with van der Waals surface area (Å²) in [6, 6.07) is 8.57. The van der Waals surface area contributed by atoms with Gasteiger partial charge in [0.05, 0.1) is 0 Å². The minimum atomic E-state index is 0.0891. The molecule has 0 aliphatic heterocycles. The van der Waals surface area contributed by atoms with Crippen LogP contribution in [0.15, 0.2) is 24.3 Å². The van der Waals surface area contributed by atoms with E-state index in [1.54, 1.807) is 0 Å². The molecule has 92 valence electrons. The van der Waals surface area contributed by atoms with Crippen molar-refractivity contribution in [2.24, 2.45) is 5.73 Å². The Bertz CT molecular complexity index is 415. The van der Waals surface area contributed by atoms with Crippen molar-refractivity contribution in [3.05, 3.63) is 35.4 Å². The molecule has 0 fully saturated rings. The van der Waals surface area contributed by atoms with Crippen molar-refractivity contribution in [3.8, 4) is 11.8 Å². The smallest absolute Gasteiger partial charge is 0.0306 e. The molecule has 1 unspecified atom stereocenters. The van der Waals surface area contributed by atoms with Crippen LogP contribution in [0.5, 0.6) is 0 Å². The van der Waals surface area contributed by atoms with Crippen molar-refractivity contribution in [2.75, 3.05) is 0 Å². The van der Waals surface area contributed by atoms with E-state index in [1.165, 1.54) is 11.1 Å². The maximum absolute atomic E-state index is 6.27. The van der Waals surface area contributed by atoms with Gasteiger partial charge in [0.2, 0.25) is 0 Å². The molecule has 0 saturated carbocycles. The minimum Gasteiger partial charge on any atom is -0.324 e. The van der Waals surface area contributed by atoms with Crippen molar-refractivity contribution in [3.63, 3.8) is 0 Å². The third-order valence-electron chi connectivity index (χ3n) is 2.93. The van der Waals surface area contributed by atoms with Gasteiger partial charge in [0.1, 0.15) is 0 Å². The van der Waals surface area contributed by atoms with Crippen molar-refractivity contribution in [1.82, 2.24) is 0 Å². The van der Waals surface area contributed by atoms with E-state index >= 15 is 0 Å². The third kappa shape index (κ3) is 3.91. The van der Waals surface area contributed by atoms with Crippen molar-refractivity contribution >= 4 is 0 Å². The maximum Gasteiger partial charge on any atom is 0.0306 e. The summed E-state index contributed by atoms with van der Waals surface area (Å²) in [5.74, 6) is 5.99. The molecule has 0 bridgehead atoms. The normalized spacial score (nSPS) is 12.8. The Morgan fingerprint density at radius 3 is 2.47 bits per heavy atom. The molecule has 1 heteroatoms. The van der Waals surface area contributed by atoms with Crippen molar-refractivity contribution in [2.45, 2.75) is 52.0 Å². The second-order valence-electron chi connectivity index (χ2n) is 5.41. The van der Waals surface area contributed by atoms with Gasteiger partial charge < -0.3 is 5.73 Å². The van der Waals surface area contributed by atoms with E-state index in [-0.39, 0.29) is 11.5 Å². The summed E-state index contributed by atoms with van der Waals surface area (Å²) >= 11 is 0. The maximum atomic E-state index is 6.27. The average molecular weight is 229 g/mol. The highest BCUT2D eigenvalue weighted by atomic mass is 14.6. The molecule has 1 aromatic rings. The van der Waals surface area contributed by atoms with E-state index in [9.17, 15) is 0 Å². The quantitative estimate of drug-likeness (QED) is 0.784. The number of nitrogens with two attached hydrogens (primary N) is 1. The van der Waals surface area contributed by atoms with Gasteiger partial charge in [-0.2, -0.15) is 0 Å². The van der Waals surface area contributed by atoms with Crippen LogP contribution in [0.1, 0.15) is 57.7 Å². The number of rotatable bonds is 3. The number of benzene rings is 1. The van der Waals surface area contributed by atoms with E-state index < -0.39 is 0 Å². The summed E-state index contributed by atoms with van der Waals surface area (Å²) in [5, 5.41) is 0. The van der Waals surface area contributed by atoms with Crippen LogP contribution in [0.2, 0.25) is 0 Å². The summed E-state index contributed by atoms with van der Waals surface area (Å²) in [4.78, 5) is 0. The van der Waals surface area contributed by atoms with Crippen LogP contribution in [0.3, 0.4) is 0 Å². The van der Waals surface area contributed by atoms with E-state index in [1.807, 2.05) is 6.92 Å². The lowest BCUT2D eigenvalue weighted by molar-refractivity contribution is 0.562. The zero-order chi connectivity index (χ0) is 12.9. The summed E-state index contributed by atoms with van der Waals surface area (Å²) < 4.78 is 0. The fourth-order valence-electron chi connectivity index (χ4n) is 2.01. The fourth-order valence-corrected chi connectivity index (χ4v) is 2.01. The van der Waals surface area contributed by atoms with Crippen LogP contribution in [0.25, 0.3) is 0 Å². The highest BCUT2D eigenvalue weighted by Crippen LogP contribution is 2.30. The number of hydrogen-bond acceptors (Lipinski definition) is 1. The topological polar surface area (TPSA) is 26.0 Å². The van der Waals surface area contributed by atoms with Crippen LogP contribution < -0.4 is 5.73 Å². The van der Waals surface area contributed by atoms with Crippen LogP contribution in [0, 0.1) is 11.8 Å². The molecule has 0 amide bonds. The molecule has 0 aliphatic carbocycles. The molecule has 17 heavy (non-hydrogen) atoms. The Hall–Kier alpha value is -1.26. The summed E-state index contributed by atoms with van der Waals surface area (Å²) in [6.45, 7) is 8.55. The Morgan fingerprint density at radius 1 is 1.24 bits per heavy atom. The van der Waals surface area contributed by atoms with Crippen LogP contribution in [-0.2, 0) is 5.41 Å². The van der Waals surface area contributed by atoms with Gasteiger partial charge in [-0.25, -0.2) is 0 Å². The summed E-state index contributed by atoms with van der Waals surface area (Å²) in [7, 11) is 0. The van der Waals surface area contributed by atoms with Gasteiger partial charge in [-0.05, 0) is 29.9 Å². The second kappa shape index (κ2) is 5.89. The SMILES string of the molecule is CC#CCCC(N)c1ccccc1C(C)(C)C. The molecule has 0 radical (unpaired) electrons. The van der Waals surface area contributed by atoms with Gasteiger partial charge >= 0.3 is 0 Å². The highest BCUT2D eigenvalue weighted by molar-refractivity contribution is 5.35. The van der Waals surface area contributed by atoms with Crippen LogP contribution in [0.4, 0.5) is 0 Å². The molecule has 0 aliphatic rings. The van der Waals surface area contributed by atoms with Gasteiger partial charge in [0.25, 0.3) is 0 Å². The fraction of sp³-hybridized carbons (Fsp3) is 0.500. The monoisotopic (exact) mass is 229 g/mol. The van der Waals surface area contributed by atoms with E-state index in [2.05, 4.69) is 56.9 Å². The summed E-state index contributed by atoms with van der Waals surface area (Å²) in [6.07, 6.45) is 1.80. The lowest BCUT2D eigenvalue weighted by atomic mass is 9.81. The Balaban J connectivity index is 2.92. The van der Waals surface area contributed by atoms with Crippen LogP contribution in [-0.4, -0.2) is 0 Å². The predicted octanol–water partition coefficient (Wildman–Crippen LogP) is 3.79. The second-order valence-corrected chi connectivity index (χ2v) is 5.41. The van der Waals surface area contributed by atoms with Gasteiger partial charge in [0.15, 0.2) is 0 Å². The van der Waals surface area contributed by atoms with Crippen LogP contribution >= 0.6 is 0 Å². The molecular formula is C16H23N. The first-order chi connectivity index (χ1) is 7.96. The molecular weight excluding hydrogens is 206 g/mol. The average Bonchev–Trinajstić information content (AvgIpc) is 2.28. The molecule has 1 rings (SSSR count). The molecule has 1 nitrogen and oxygen atoms in total. The lowest BCUT2D eigenvalue weighted by Crippen LogP contribution is -2.19. The van der Waals surface area contributed by atoms with E-state index in [0.29, 0.717) is 0 Å². The standard InChI is InChI=1S/C16H23N/c1-5-6-7-12-15(17)13-10-8-9-11-14(13)16(2,3)4/h8-11,15H,7,12,17H2,1-4H3. The lowest BCUT2D eigenvalue weighted by Gasteiger charge is -2.25. The van der Waals surface area contributed by atoms with Crippen molar-refractivity contribution in [1.29, 1.82) is 0 Å². The predicted molar refractivity (Wildman–Crippen MR) is 74.8 cm³/mol. The van der Waals surface area contributed by atoms with Gasteiger partial charge in [-0.15, -0.1) is 11.8 Å². The molecule has 0 heterocycles. The van der Waals surface area contributed by atoms with Gasteiger partial charge in [-0.3, -0.25) is 0 Å². The van der Waals surface area contributed by atoms with E-state index in [4.69, 9.17) is 5.73 Å². The number of hydrogen-bond donors (Lipinski definition) is 1. The molecule has 2 N–H and O–H groups in total. The highest BCUT2D eigenvalue weighted by Gasteiger charge is 2.20. The van der Waals surface area contributed by atoms with Gasteiger partial charge in [-0.1, -0.05) is 45.0 Å². The Kier molecular flexibility index (Phi) is 4.78. The van der Waals surface area contributed by atoms with Gasteiger partial charge in [0, 0.05) is 12.5 Å². The minimum absolute atomic E-state index is 0.0891. The zero-order valence-corrected chi connectivity index (χ0v) is 11.4. The molecule has 1 atom stereocenters. The molecule has 0 saturated heterocycles. The molecule has 1 aromatic carbocycles. The molecule has 0 spiro atoms. The zero-order valence-electron chi connectivity index (χ0n) is 11.4. The van der Waals surface area contributed by atoms with Crippen molar-refractivity contribution < 1.29 is 0 Å². The Labute approximate surface area is 105 Å². The van der Waals surface area contributed by atoms with E-state index in [0.717, 1.165) is 12.8 Å².